The lowest BCUT2D eigenvalue weighted by Crippen LogP contribution is -2.38. The van der Waals surface area contributed by atoms with Gasteiger partial charge in [-0.3, -0.25) is 4.90 Å². The molecule has 30 heavy (non-hydrogen) atoms. The topological polar surface area (TPSA) is 59.8 Å². The summed E-state index contributed by atoms with van der Waals surface area (Å²) in [5, 5.41) is 15.1. The number of para-hydroxylation sites is 1. The van der Waals surface area contributed by atoms with Gasteiger partial charge in [-0.1, -0.05) is 48.5 Å². The van der Waals surface area contributed by atoms with Crippen molar-refractivity contribution in [2.75, 3.05) is 20.3 Å². The molecule has 0 aliphatic heterocycles. The van der Waals surface area contributed by atoms with Gasteiger partial charge in [0.2, 0.25) is 5.88 Å². The zero-order valence-electron chi connectivity index (χ0n) is 18.2. The van der Waals surface area contributed by atoms with Gasteiger partial charge in [-0.25, -0.2) is 4.68 Å². The molecule has 0 saturated carbocycles. The quantitative estimate of drug-likeness (QED) is 0.546. The molecule has 0 radical (unpaired) electrons. The molecule has 1 aromatic heterocycles. The highest BCUT2D eigenvalue weighted by Crippen LogP contribution is 2.34. The van der Waals surface area contributed by atoms with Crippen molar-refractivity contribution >= 4 is 0 Å². The maximum atomic E-state index is 10.3. The van der Waals surface area contributed by atoms with Gasteiger partial charge >= 0.3 is 0 Å². The third-order valence-corrected chi connectivity index (χ3v) is 4.99. The molecule has 0 aliphatic carbocycles. The lowest BCUT2D eigenvalue weighted by Gasteiger charge is -2.29. The standard InChI is InChI=1S/C24H31N3O3/c1-18(2)27(15-20(28)17-29-4)16-22-23(19-11-7-5-8-12-19)25-26(3)24(22)30-21-13-9-6-10-14-21/h5-14,18,20,28H,15-17H2,1-4H3/t20-/m0/s1. The van der Waals surface area contributed by atoms with E-state index in [9.17, 15) is 5.11 Å². The first kappa shape index (κ1) is 22.0. The Morgan fingerprint density at radius 1 is 1.03 bits per heavy atom. The largest absolute Gasteiger partial charge is 0.439 e. The van der Waals surface area contributed by atoms with Crippen LogP contribution in [0.15, 0.2) is 60.7 Å². The minimum absolute atomic E-state index is 0.227. The van der Waals surface area contributed by atoms with E-state index in [1.807, 2.05) is 55.6 Å². The Morgan fingerprint density at radius 3 is 2.27 bits per heavy atom. The Bertz CT molecular complexity index is 910. The van der Waals surface area contributed by atoms with E-state index in [4.69, 9.17) is 14.6 Å². The summed E-state index contributed by atoms with van der Waals surface area (Å²) in [5.74, 6) is 1.46. The number of aliphatic hydroxyl groups excluding tert-OH is 1. The average Bonchev–Trinajstić information content (AvgIpc) is 3.04. The molecular weight excluding hydrogens is 378 g/mol. The van der Waals surface area contributed by atoms with Crippen LogP contribution in [0, 0.1) is 0 Å². The summed E-state index contributed by atoms with van der Waals surface area (Å²) in [6.45, 7) is 5.64. The van der Waals surface area contributed by atoms with Crippen molar-refractivity contribution in [2.45, 2.75) is 32.5 Å². The van der Waals surface area contributed by atoms with Gasteiger partial charge in [0.05, 0.1) is 18.3 Å². The van der Waals surface area contributed by atoms with Crippen molar-refractivity contribution in [3.8, 4) is 22.9 Å². The maximum Gasteiger partial charge on any atom is 0.222 e. The SMILES string of the molecule is COC[C@@H](O)CN(Cc1c(-c2ccccc2)nn(C)c1Oc1ccccc1)C(C)C. The molecule has 1 N–H and O–H groups in total. The van der Waals surface area contributed by atoms with Gasteiger partial charge in [0.15, 0.2) is 0 Å². The molecule has 3 rings (SSSR count). The van der Waals surface area contributed by atoms with E-state index in [1.165, 1.54) is 0 Å². The molecular formula is C24H31N3O3. The van der Waals surface area contributed by atoms with Crippen LogP contribution in [0.1, 0.15) is 19.4 Å². The molecule has 1 heterocycles. The predicted molar refractivity (Wildman–Crippen MR) is 119 cm³/mol. The highest BCUT2D eigenvalue weighted by molar-refractivity contribution is 5.65. The number of methoxy groups -OCH3 is 1. The number of hydrogen-bond donors (Lipinski definition) is 1. The summed E-state index contributed by atoms with van der Waals surface area (Å²) in [6.07, 6.45) is -0.562. The Kier molecular flexibility index (Phi) is 7.63. The van der Waals surface area contributed by atoms with Gasteiger partial charge in [-0.05, 0) is 26.0 Å². The Hall–Kier alpha value is -2.67. The van der Waals surface area contributed by atoms with E-state index in [-0.39, 0.29) is 6.04 Å². The van der Waals surface area contributed by atoms with E-state index in [0.717, 1.165) is 22.6 Å². The number of benzene rings is 2. The first-order valence-corrected chi connectivity index (χ1v) is 10.2. The fourth-order valence-electron chi connectivity index (χ4n) is 3.43. The second-order valence-corrected chi connectivity index (χ2v) is 7.67. The van der Waals surface area contributed by atoms with Gasteiger partial charge in [-0.15, -0.1) is 0 Å². The van der Waals surface area contributed by atoms with Crippen molar-refractivity contribution in [3.63, 3.8) is 0 Å². The third kappa shape index (κ3) is 5.48. The molecule has 2 aromatic carbocycles. The Labute approximate surface area is 178 Å². The monoisotopic (exact) mass is 409 g/mol. The number of aliphatic hydroxyl groups is 1. The molecule has 0 bridgehead atoms. The van der Waals surface area contributed by atoms with E-state index in [0.29, 0.717) is 25.6 Å². The molecule has 0 aliphatic rings. The summed E-state index contributed by atoms with van der Waals surface area (Å²) in [5.41, 5.74) is 2.91. The Balaban J connectivity index is 2.00. The maximum absolute atomic E-state index is 10.3. The smallest absolute Gasteiger partial charge is 0.222 e. The predicted octanol–water partition coefficient (Wildman–Crippen LogP) is 4.10. The summed E-state index contributed by atoms with van der Waals surface area (Å²) in [6, 6.07) is 20.1. The lowest BCUT2D eigenvalue weighted by molar-refractivity contribution is 0.0278. The molecule has 0 fully saturated rings. The van der Waals surface area contributed by atoms with Crippen molar-refractivity contribution in [1.29, 1.82) is 0 Å². The minimum atomic E-state index is -0.562. The summed E-state index contributed by atoms with van der Waals surface area (Å²) >= 11 is 0. The molecule has 3 aromatic rings. The van der Waals surface area contributed by atoms with Crippen LogP contribution in [0.25, 0.3) is 11.3 Å². The molecule has 0 unspecified atom stereocenters. The first-order valence-electron chi connectivity index (χ1n) is 10.2. The molecule has 1 atom stereocenters. The van der Waals surface area contributed by atoms with E-state index < -0.39 is 6.10 Å². The third-order valence-electron chi connectivity index (χ3n) is 4.99. The van der Waals surface area contributed by atoms with Crippen molar-refractivity contribution in [3.05, 3.63) is 66.2 Å². The fourth-order valence-corrected chi connectivity index (χ4v) is 3.43. The molecule has 160 valence electrons. The molecule has 6 heteroatoms. The first-order chi connectivity index (χ1) is 14.5. The van der Waals surface area contributed by atoms with Crippen LogP contribution >= 0.6 is 0 Å². The molecule has 0 saturated heterocycles. The van der Waals surface area contributed by atoms with E-state index in [1.54, 1.807) is 11.8 Å². The van der Waals surface area contributed by atoms with Gasteiger partial charge in [0.25, 0.3) is 0 Å². The second-order valence-electron chi connectivity index (χ2n) is 7.67. The number of aromatic nitrogens is 2. The summed E-state index contributed by atoms with van der Waals surface area (Å²) < 4.78 is 13.2. The van der Waals surface area contributed by atoms with Crippen LogP contribution in [0.5, 0.6) is 11.6 Å². The average molecular weight is 410 g/mol. The lowest BCUT2D eigenvalue weighted by atomic mass is 10.1. The molecule has 0 amide bonds. The second kappa shape index (κ2) is 10.4. The summed E-state index contributed by atoms with van der Waals surface area (Å²) in [4.78, 5) is 2.21. The van der Waals surface area contributed by atoms with Crippen LogP contribution in [0.3, 0.4) is 0 Å². The minimum Gasteiger partial charge on any atom is -0.439 e. The van der Waals surface area contributed by atoms with E-state index >= 15 is 0 Å². The van der Waals surface area contributed by atoms with Gasteiger partial charge in [-0.2, -0.15) is 5.10 Å². The van der Waals surface area contributed by atoms with Crippen LogP contribution in [0.4, 0.5) is 0 Å². The number of aryl methyl sites for hydroxylation is 1. The van der Waals surface area contributed by atoms with Crippen LogP contribution < -0.4 is 4.74 Å². The summed E-state index contributed by atoms with van der Waals surface area (Å²) in [7, 11) is 3.50. The zero-order valence-corrected chi connectivity index (χ0v) is 18.2. The van der Waals surface area contributed by atoms with Crippen LogP contribution in [0.2, 0.25) is 0 Å². The van der Waals surface area contributed by atoms with Crippen LogP contribution in [-0.4, -0.2) is 52.2 Å². The highest BCUT2D eigenvalue weighted by Gasteiger charge is 2.24. The van der Waals surface area contributed by atoms with Crippen molar-refractivity contribution in [2.24, 2.45) is 7.05 Å². The normalized spacial score (nSPS) is 12.5. The highest BCUT2D eigenvalue weighted by atomic mass is 16.5. The van der Waals surface area contributed by atoms with E-state index in [2.05, 4.69) is 30.9 Å². The fraction of sp³-hybridized carbons (Fsp3) is 0.375. The molecule has 6 nitrogen and oxygen atoms in total. The number of hydrogen-bond acceptors (Lipinski definition) is 5. The van der Waals surface area contributed by atoms with Crippen molar-refractivity contribution in [1.82, 2.24) is 14.7 Å². The van der Waals surface area contributed by atoms with Gasteiger partial charge in [0.1, 0.15) is 11.4 Å². The number of nitrogens with zero attached hydrogens (tertiary/aromatic N) is 3. The van der Waals surface area contributed by atoms with Gasteiger partial charge < -0.3 is 14.6 Å². The Morgan fingerprint density at radius 2 is 1.67 bits per heavy atom. The zero-order chi connectivity index (χ0) is 21.5. The van der Waals surface area contributed by atoms with Crippen LogP contribution in [-0.2, 0) is 18.3 Å². The number of ether oxygens (including phenoxy) is 2. The van der Waals surface area contributed by atoms with Crippen molar-refractivity contribution < 1.29 is 14.6 Å². The van der Waals surface area contributed by atoms with Gasteiger partial charge in [0, 0.05) is 38.9 Å². The molecule has 0 spiro atoms. The number of rotatable bonds is 10.